The van der Waals surface area contributed by atoms with E-state index in [9.17, 15) is 23.2 Å². The third-order valence-corrected chi connectivity index (χ3v) is 6.10. The van der Waals surface area contributed by atoms with Gasteiger partial charge in [-0.2, -0.15) is 5.10 Å². The van der Waals surface area contributed by atoms with Crippen molar-refractivity contribution in [1.29, 1.82) is 0 Å². The number of nitrogens with one attached hydrogen (secondary N) is 2. The molecule has 8 nitrogen and oxygen atoms in total. The van der Waals surface area contributed by atoms with Gasteiger partial charge in [-0.1, -0.05) is 18.5 Å². The molecule has 0 radical (unpaired) electrons. The fraction of sp³-hybridized carbons (Fsp3) is 0.478. The van der Waals surface area contributed by atoms with E-state index in [2.05, 4.69) is 15.5 Å². The second kappa shape index (κ2) is 11.4. The summed E-state index contributed by atoms with van der Waals surface area (Å²) >= 11 is 5.84. The largest absolute Gasteiger partial charge is 0.466 e. The zero-order valence-corrected chi connectivity index (χ0v) is 19.8. The molecule has 0 spiro atoms. The van der Waals surface area contributed by atoms with Crippen molar-refractivity contribution < 1.29 is 27.9 Å². The number of aromatic nitrogens is 2. The van der Waals surface area contributed by atoms with E-state index in [0.717, 1.165) is 6.42 Å². The predicted octanol–water partition coefficient (Wildman–Crippen LogP) is 4.57. The van der Waals surface area contributed by atoms with Gasteiger partial charge in [0, 0.05) is 18.7 Å². The summed E-state index contributed by atoms with van der Waals surface area (Å²) in [6.45, 7) is 4.62. The average Bonchev–Trinajstić information content (AvgIpc) is 3.28. The molecule has 0 bridgehead atoms. The maximum atomic E-state index is 13.5. The maximum absolute atomic E-state index is 13.5. The highest BCUT2D eigenvalue weighted by Crippen LogP contribution is 2.30. The van der Waals surface area contributed by atoms with Gasteiger partial charge < -0.3 is 15.0 Å². The van der Waals surface area contributed by atoms with Crippen LogP contribution in [0.1, 0.15) is 66.8 Å². The number of carbonyl (C=O) groups excluding carboxylic acids is 3. The summed E-state index contributed by atoms with van der Waals surface area (Å²) in [7, 11) is 0. The second-order valence-corrected chi connectivity index (χ2v) is 8.53. The fourth-order valence-electron chi connectivity index (χ4n) is 4.10. The van der Waals surface area contributed by atoms with Crippen molar-refractivity contribution in [2.45, 2.75) is 52.0 Å². The van der Waals surface area contributed by atoms with Crippen LogP contribution in [0.3, 0.4) is 0 Å². The van der Waals surface area contributed by atoms with Crippen molar-refractivity contribution in [3.8, 4) is 0 Å². The van der Waals surface area contributed by atoms with Crippen molar-refractivity contribution in [3.63, 3.8) is 0 Å². The molecule has 1 saturated carbocycles. The molecule has 3 rings (SSSR count). The Morgan fingerprint density at radius 1 is 1.15 bits per heavy atom. The first-order chi connectivity index (χ1) is 16.2. The molecule has 2 amide bonds. The van der Waals surface area contributed by atoms with Gasteiger partial charge in [-0.15, -0.1) is 0 Å². The number of carbonyl (C=O) groups is 3. The van der Waals surface area contributed by atoms with Gasteiger partial charge in [0.05, 0.1) is 23.1 Å². The van der Waals surface area contributed by atoms with Crippen LogP contribution in [0.25, 0.3) is 0 Å². The van der Waals surface area contributed by atoms with E-state index in [1.807, 2.05) is 6.92 Å². The Kier molecular flexibility index (Phi) is 8.60. The van der Waals surface area contributed by atoms with E-state index in [1.54, 1.807) is 11.8 Å². The quantitative estimate of drug-likeness (QED) is 0.411. The zero-order chi connectivity index (χ0) is 24.8. The lowest BCUT2D eigenvalue weighted by molar-refractivity contribution is -0.149. The molecule has 0 unspecified atom stereocenters. The Morgan fingerprint density at radius 3 is 2.47 bits per heavy atom. The van der Waals surface area contributed by atoms with Gasteiger partial charge in [0.2, 0.25) is 0 Å². The van der Waals surface area contributed by atoms with Crippen molar-refractivity contribution in [3.05, 3.63) is 46.1 Å². The Morgan fingerprint density at radius 2 is 1.82 bits per heavy atom. The van der Waals surface area contributed by atoms with Crippen LogP contribution >= 0.6 is 11.6 Å². The van der Waals surface area contributed by atoms with Gasteiger partial charge in [-0.25, -0.2) is 8.78 Å². The molecule has 0 aliphatic heterocycles. The summed E-state index contributed by atoms with van der Waals surface area (Å²) in [5, 5.41) is 8.73. The van der Waals surface area contributed by atoms with Gasteiger partial charge >= 0.3 is 5.97 Å². The van der Waals surface area contributed by atoms with Crippen LogP contribution in [-0.2, 0) is 9.53 Å². The highest BCUT2D eigenvalue weighted by atomic mass is 35.5. The van der Waals surface area contributed by atoms with Crippen molar-refractivity contribution >= 4 is 35.2 Å². The number of amides is 2. The molecule has 2 aromatic rings. The molecular weight excluding hydrogens is 470 g/mol. The lowest BCUT2D eigenvalue weighted by Gasteiger charge is -2.36. The first-order valence-corrected chi connectivity index (χ1v) is 11.6. The van der Waals surface area contributed by atoms with Crippen LogP contribution in [-0.4, -0.2) is 52.1 Å². The molecule has 184 valence electrons. The summed E-state index contributed by atoms with van der Waals surface area (Å²) < 4.78 is 31.9. The molecule has 1 fully saturated rings. The first-order valence-electron chi connectivity index (χ1n) is 11.2. The Bertz CT molecular complexity index is 1050. The van der Waals surface area contributed by atoms with E-state index in [4.69, 9.17) is 16.3 Å². The van der Waals surface area contributed by atoms with Crippen molar-refractivity contribution in [2.24, 2.45) is 5.92 Å². The lowest BCUT2D eigenvalue weighted by Crippen LogP contribution is -2.43. The molecule has 1 aromatic carbocycles. The third kappa shape index (κ3) is 5.91. The molecule has 34 heavy (non-hydrogen) atoms. The number of ether oxygens (including phenoxy) is 1. The molecule has 0 atom stereocenters. The lowest BCUT2D eigenvalue weighted by atomic mass is 9.85. The van der Waals surface area contributed by atoms with E-state index in [1.165, 1.54) is 6.07 Å². The molecular formula is C23H27ClF2N4O4. The molecule has 1 aromatic heterocycles. The molecule has 11 heteroatoms. The van der Waals surface area contributed by atoms with Crippen LogP contribution in [0.5, 0.6) is 0 Å². The van der Waals surface area contributed by atoms with Crippen LogP contribution < -0.4 is 5.32 Å². The number of H-pyrrole nitrogens is 1. The first kappa shape index (κ1) is 25.6. The normalized spacial score (nSPS) is 17.8. The second-order valence-electron chi connectivity index (χ2n) is 8.12. The predicted molar refractivity (Wildman–Crippen MR) is 122 cm³/mol. The number of esters is 1. The van der Waals surface area contributed by atoms with E-state index in [0.29, 0.717) is 51.0 Å². The minimum Gasteiger partial charge on any atom is -0.466 e. The van der Waals surface area contributed by atoms with Gasteiger partial charge in [-0.05, 0) is 51.2 Å². The van der Waals surface area contributed by atoms with Gasteiger partial charge in [-0.3, -0.25) is 19.5 Å². The van der Waals surface area contributed by atoms with Gasteiger partial charge in [0.25, 0.3) is 11.8 Å². The zero-order valence-electron chi connectivity index (χ0n) is 19.0. The van der Waals surface area contributed by atoms with Gasteiger partial charge in [0.1, 0.15) is 5.69 Å². The smallest absolute Gasteiger partial charge is 0.308 e. The summed E-state index contributed by atoms with van der Waals surface area (Å²) in [6.07, 6.45) is 3.41. The summed E-state index contributed by atoms with van der Waals surface area (Å²) in [5.41, 5.74) is -0.0879. The number of hydrogen-bond acceptors (Lipinski definition) is 5. The molecule has 1 aliphatic carbocycles. The van der Waals surface area contributed by atoms with Crippen LogP contribution in [0.15, 0.2) is 18.2 Å². The minimum atomic E-state index is -1.21. The van der Waals surface area contributed by atoms with E-state index >= 15 is 0 Å². The van der Waals surface area contributed by atoms with E-state index in [-0.39, 0.29) is 45.9 Å². The van der Waals surface area contributed by atoms with E-state index < -0.39 is 17.5 Å². The van der Waals surface area contributed by atoms with Gasteiger partial charge in [0.15, 0.2) is 17.5 Å². The molecule has 1 aliphatic rings. The Labute approximate surface area is 201 Å². The monoisotopic (exact) mass is 496 g/mol. The Hall–Kier alpha value is -3.01. The number of benzene rings is 1. The number of hydrogen-bond donors (Lipinski definition) is 2. The highest BCUT2D eigenvalue weighted by molar-refractivity contribution is 6.34. The fourth-order valence-corrected chi connectivity index (χ4v) is 4.34. The average molecular weight is 497 g/mol. The van der Waals surface area contributed by atoms with Crippen LogP contribution in [0.2, 0.25) is 5.02 Å². The number of aromatic amines is 1. The molecule has 2 N–H and O–H groups in total. The molecule has 0 saturated heterocycles. The minimum absolute atomic E-state index is 0.0273. The van der Waals surface area contributed by atoms with Crippen LogP contribution in [0, 0.1) is 17.6 Å². The number of anilines is 1. The van der Waals surface area contributed by atoms with Crippen molar-refractivity contribution in [2.75, 3.05) is 18.5 Å². The number of halogens is 3. The topological polar surface area (TPSA) is 104 Å². The number of nitrogens with zero attached hydrogens (tertiary/aromatic N) is 2. The maximum Gasteiger partial charge on any atom is 0.308 e. The van der Waals surface area contributed by atoms with Crippen LogP contribution in [0.4, 0.5) is 14.6 Å². The standard InChI is InChI=1S/C23H27ClF2N4O4/c1-3-9-30(14-7-5-13(6-8-14)23(33)34-4-2)22(32)19-12-20(29-28-19)27-21(31)15-10-17(25)18(26)11-16(15)24/h10-14H,3-9H2,1-2H3,(H2,27,28,29,31). The summed E-state index contributed by atoms with van der Waals surface area (Å²) in [6, 6.07) is 2.76. The number of rotatable bonds is 8. The molecule has 1 heterocycles. The van der Waals surface area contributed by atoms with Crippen molar-refractivity contribution in [1.82, 2.24) is 15.1 Å². The summed E-state index contributed by atoms with van der Waals surface area (Å²) in [4.78, 5) is 39.4. The third-order valence-electron chi connectivity index (χ3n) is 5.79. The Balaban J connectivity index is 1.67. The SMILES string of the molecule is CCCN(C(=O)c1cc(NC(=O)c2cc(F)c(F)cc2Cl)n[nH]1)C1CCC(C(=O)OCC)CC1. The highest BCUT2D eigenvalue weighted by Gasteiger charge is 2.33. The summed E-state index contributed by atoms with van der Waals surface area (Å²) in [5.74, 6) is -3.74.